The first-order valence-corrected chi connectivity index (χ1v) is 6.63. The molecule has 2 aromatic heterocycles. The van der Waals surface area contributed by atoms with Crippen LogP contribution in [0.2, 0.25) is 0 Å². The average Bonchev–Trinajstić information content (AvgIpc) is 2.97. The van der Waals surface area contributed by atoms with E-state index >= 15 is 0 Å². The second-order valence-electron chi connectivity index (χ2n) is 3.98. The lowest BCUT2D eigenvalue weighted by Crippen LogP contribution is -2.24. The summed E-state index contributed by atoms with van der Waals surface area (Å²) in [6.45, 7) is 0.806. The van der Waals surface area contributed by atoms with E-state index in [1.807, 2.05) is 18.0 Å². The maximum absolute atomic E-state index is 8.64. The van der Waals surface area contributed by atoms with Crippen LogP contribution in [0.3, 0.4) is 0 Å². The molecule has 0 aliphatic rings. The molecule has 2 rings (SSSR count). The van der Waals surface area contributed by atoms with Crippen LogP contribution >= 0.6 is 11.3 Å². The lowest BCUT2D eigenvalue weighted by atomic mass is 10.3. The van der Waals surface area contributed by atoms with E-state index in [0.717, 1.165) is 13.0 Å². The predicted molar refractivity (Wildman–Crippen MR) is 75.8 cm³/mol. The minimum atomic E-state index is -0.0182. The molecule has 0 saturated carbocycles. The number of likely N-dealkylation sites (N-methyl/N-ethyl adjacent to an activating group) is 1. The van der Waals surface area contributed by atoms with Gasteiger partial charge in [-0.1, -0.05) is 11.2 Å². The van der Waals surface area contributed by atoms with Gasteiger partial charge in [0.1, 0.15) is 5.69 Å². The molecule has 0 aromatic carbocycles. The quantitative estimate of drug-likeness (QED) is 0.372. The molecule has 0 bridgehead atoms. The Morgan fingerprint density at radius 1 is 1.53 bits per heavy atom. The molecule has 100 valence electrons. The highest BCUT2D eigenvalue weighted by Gasteiger charge is 2.08. The van der Waals surface area contributed by atoms with Crippen LogP contribution in [0.15, 0.2) is 34.9 Å². The highest BCUT2D eigenvalue weighted by molar-refractivity contribution is 7.09. The molecule has 0 saturated heterocycles. The third-order valence-electron chi connectivity index (χ3n) is 2.63. The van der Waals surface area contributed by atoms with Crippen molar-refractivity contribution in [2.75, 3.05) is 18.5 Å². The number of amidine groups is 1. The third-order valence-corrected chi connectivity index (χ3v) is 3.56. The summed E-state index contributed by atoms with van der Waals surface area (Å²) in [7, 11) is 1.92. The summed E-state index contributed by atoms with van der Waals surface area (Å²) in [6.07, 6.45) is 2.53. The zero-order valence-corrected chi connectivity index (χ0v) is 11.3. The van der Waals surface area contributed by atoms with Gasteiger partial charge in [0.15, 0.2) is 5.84 Å². The summed E-state index contributed by atoms with van der Waals surface area (Å²) in [5.41, 5.74) is 5.92. The molecule has 0 amide bonds. The molecule has 0 unspecified atom stereocenters. The van der Waals surface area contributed by atoms with Crippen LogP contribution in [0, 0.1) is 0 Å². The van der Waals surface area contributed by atoms with Gasteiger partial charge in [-0.2, -0.15) is 0 Å². The van der Waals surface area contributed by atoms with E-state index in [9.17, 15) is 0 Å². The second-order valence-corrected chi connectivity index (χ2v) is 5.01. The number of anilines is 1. The van der Waals surface area contributed by atoms with Crippen LogP contribution in [0.1, 0.15) is 10.6 Å². The summed E-state index contributed by atoms with van der Waals surface area (Å²) in [5.74, 6) is 0.538. The van der Waals surface area contributed by atoms with Gasteiger partial charge < -0.3 is 15.8 Å². The Morgan fingerprint density at radius 2 is 2.37 bits per heavy atom. The molecule has 0 atom stereocenters. The number of oxime groups is 1. The topological polar surface area (TPSA) is 87.6 Å². The van der Waals surface area contributed by atoms with Crippen LogP contribution < -0.4 is 10.6 Å². The molecule has 7 heteroatoms. The molecule has 0 spiro atoms. The maximum atomic E-state index is 8.64. The van der Waals surface area contributed by atoms with Crippen molar-refractivity contribution in [3.63, 3.8) is 0 Å². The Bertz CT molecular complexity index is 555. The minimum Gasteiger partial charge on any atom is -0.409 e. The van der Waals surface area contributed by atoms with Gasteiger partial charge >= 0.3 is 0 Å². The van der Waals surface area contributed by atoms with Crippen molar-refractivity contribution in [1.82, 2.24) is 9.97 Å². The highest BCUT2D eigenvalue weighted by Crippen LogP contribution is 2.11. The van der Waals surface area contributed by atoms with E-state index in [1.165, 1.54) is 4.88 Å². The van der Waals surface area contributed by atoms with Gasteiger partial charge in [0.25, 0.3) is 0 Å². The Morgan fingerprint density at radius 3 is 3.05 bits per heavy atom. The van der Waals surface area contributed by atoms with E-state index in [2.05, 4.69) is 26.6 Å². The number of nitrogens with zero attached hydrogens (tertiary/aromatic N) is 4. The van der Waals surface area contributed by atoms with Crippen LogP contribution in [0.5, 0.6) is 0 Å². The van der Waals surface area contributed by atoms with Crippen molar-refractivity contribution in [2.24, 2.45) is 10.9 Å². The fourth-order valence-electron chi connectivity index (χ4n) is 1.56. The number of aromatic nitrogens is 2. The molecule has 0 aliphatic carbocycles. The molecule has 0 aliphatic heterocycles. The first kappa shape index (κ1) is 13.3. The predicted octanol–water partition coefficient (Wildman–Crippen LogP) is 1.31. The largest absolute Gasteiger partial charge is 0.409 e. The SMILES string of the molecule is CN(CCc1cccs1)c1nccc(/C(N)=N/O)n1. The molecule has 19 heavy (non-hydrogen) atoms. The van der Waals surface area contributed by atoms with E-state index in [0.29, 0.717) is 11.6 Å². The fraction of sp³-hybridized carbons (Fsp3) is 0.250. The normalized spacial score (nSPS) is 11.5. The zero-order chi connectivity index (χ0) is 13.7. The molecule has 3 N–H and O–H groups in total. The fourth-order valence-corrected chi connectivity index (χ4v) is 2.26. The molecular formula is C12H15N5OS. The van der Waals surface area contributed by atoms with Gasteiger partial charge in [0, 0.05) is 24.7 Å². The molecule has 2 aromatic rings. The highest BCUT2D eigenvalue weighted by atomic mass is 32.1. The number of nitrogens with two attached hydrogens (primary N) is 1. The van der Waals surface area contributed by atoms with Crippen LogP contribution in [0.25, 0.3) is 0 Å². The van der Waals surface area contributed by atoms with Gasteiger partial charge in [-0.05, 0) is 23.9 Å². The van der Waals surface area contributed by atoms with Gasteiger partial charge in [0.2, 0.25) is 5.95 Å². The Kier molecular flexibility index (Phi) is 4.30. The molecule has 2 heterocycles. The molecule has 0 fully saturated rings. The number of rotatable bonds is 5. The lowest BCUT2D eigenvalue weighted by Gasteiger charge is -2.16. The van der Waals surface area contributed by atoms with Crippen molar-refractivity contribution >= 4 is 23.1 Å². The van der Waals surface area contributed by atoms with Gasteiger partial charge in [-0.15, -0.1) is 11.3 Å². The Balaban J connectivity index is 2.04. The molecule has 0 radical (unpaired) electrons. The van der Waals surface area contributed by atoms with E-state index in [-0.39, 0.29) is 5.84 Å². The lowest BCUT2D eigenvalue weighted by molar-refractivity contribution is 0.318. The summed E-state index contributed by atoms with van der Waals surface area (Å²) in [5, 5.41) is 13.6. The van der Waals surface area contributed by atoms with Crippen molar-refractivity contribution in [3.8, 4) is 0 Å². The van der Waals surface area contributed by atoms with Crippen molar-refractivity contribution in [1.29, 1.82) is 0 Å². The molecular weight excluding hydrogens is 262 g/mol. The van der Waals surface area contributed by atoms with Crippen LogP contribution in [0.4, 0.5) is 5.95 Å². The number of hydrogen-bond acceptors (Lipinski definition) is 6. The van der Waals surface area contributed by atoms with Crippen LogP contribution in [-0.2, 0) is 6.42 Å². The van der Waals surface area contributed by atoms with Gasteiger partial charge in [-0.25, -0.2) is 9.97 Å². The summed E-state index contributed by atoms with van der Waals surface area (Å²) >= 11 is 1.73. The van der Waals surface area contributed by atoms with Crippen molar-refractivity contribution in [2.45, 2.75) is 6.42 Å². The van der Waals surface area contributed by atoms with Crippen LogP contribution in [-0.4, -0.2) is 34.6 Å². The van der Waals surface area contributed by atoms with Crippen molar-refractivity contribution in [3.05, 3.63) is 40.3 Å². The second kappa shape index (κ2) is 6.14. The van der Waals surface area contributed by atoms with E-state index in [1.54, 1.807) is 23.6 Å². The monoisotopic (exact) mass is 277 g/mol. The maximum Gasteiger partial charge on any atom is 0.225 e. The average molecular weight is 277 g/mol. The molecule has 6 nitrogen and oxygen atoms in total. The first-order chi connectivity index (χ1) is 9.20. The third kappa shape index (κ3) is 3.41. The Labute approximate surface area is 115 Å². The summed E-state index contributed by atoms with van der Waals surface area (Å²) in [6, 6.07) is 5.74. The number of hydrogen-bond donors (Lipinski definition) is 2. The number of thiophene rings is 1. The van der Waals surface area contributed by atoms with E-state index in [4.69, 9.17) is 10.9 Å². The van der Waals surface area contributed by atoms with E-state index < -0.39 is 0 Å². The van der Waals surface area contributed by atoms with Gasteiger partial charge in [0.05, 0.1) is 0 Å². The summed E-state index contributed by atoms with van der Waals surface area (Å²) < 4.78 is 0. The smallest absolute Gasteiger partial charge is 0.225 e. The zero-order valence-electron chi connectivity index (χ0n) is 10.5. The summed E-state index contributed by atoms with van der Waals surface area (Å²) in [4.78, 5) is 11.7. The van der Waals surface area contributed by atoms with Crippen molar-refractivity contribution < 1.29 is 5.21 Å². The van der Waals surface area contributed by atoms with Gasteiger partial charge in [-0.3, -0.25) is 0 Å². The minimum absolute atomic E-state index is 0.0182. The Hall–Kier alpha value is -2.15. The first-order valence-electron chi connectivity index (χ1n) is 5.75. The standard InChI is InChI=1S/C12H15N5OS/c1-17(7-5-9-3-2-8-19-9)12-14-6-4-10(15-12)11(13)16-18/h2-4,6,8,18H,5,7H2,1H3,(H2,13,16).